The molecule has 1 aromatic carbocycles. The number of carbonyl (C=O) groups excluding carboxylic acids is 1. The molecule has 2 fully saturated rings. The number of aromatic nitrogens is 4. The third-order valence-corrected chi connectivity index (χ3v) is 7.06. The molecular formula is C27H38N8O4. The van der Waals surface area contributed by atoms with Gasteiger partial charge in [0.15, 0.2) is 17.3 Å². The number of carbonyl (C=O) groups is 1. The molecule has 5 rings (SSSR count). The van der Waals surface area contributed by atoms with Gasteiger partial charge in [-0.2, -0.15) is 0 Å². The van der Waals surface area contributed by atoms with E-state index in [0.717, 1.165) is 12.1 Å². The third kappa shape index (κ3) is 5.55. The van der Waals surface area contributed by atoms with Crippen molar-refractivity contribution >= 4 is 28.7 Å². The highest BCUT2D eigenvalue weighted by molar-refractivity contribution is 5.89. The molecule has 3 unspecified atom stereocenters. The molecule has 0 saturated carbocycles. The van der Waals surface area contributed by atoms with Crippen LogP contribution >= 0.6 is 0 Å². The topological polar surface area (TPSA) is 150 Å². The molecule has 3 atom stereocenters. The molecule has 2 aliphatic rings. The molecule has 2 aromatic heterocycles. The lowest BCUT2D eigenvalue weighted by molar-refractivity contribution is -0.204. The van der Waals surface area contributed by atoms with Crippen LogP contribution in [0.1, 0.15) is 46.6 Å². The quantitative estimate of drug-likeness (QED) is 0.317. The number of urea groups is 1. The van der Waals surface area contributed by atoms with E-state index in [1.165, 1.54) is 11.9 Å². The summed E-state index contributed by atoms with van der Waals surface area (Å²) in [7, 11) is 0. The fourth-order valence-electron chi connectivity index (χ4n) is 5.14. The van der Waals surface area contributed by atoms with Crippen molar-refractivity contribution < 1.29 is 19.0 Å². The molecule has 0 spiro atoms. The smallest absolute Gasteiger partial charge is 0.319 e. The summed E-state index contributed by atoms with van der Waals surface area (Å²) < 4.78 is 20.7. The number of rotatable bonds is 8. The van der Waals surface area contributed by atoms with E-state index in [9.17, 15) is 4.79 Å². The number of ether oxygens (including phenoxy) is 3. The summed E-state index contributed by atoms with van der Waals surface area (Å²) in [6.45, 7) is 12.3. The van der Waals surface area contributed by atoms with Gasteiger partial charge in [-0.3, -0.25) is 4.57 Å². The highest BCUT2D eigenvalue weighted by Crippen LogP contribution is 2.47. The number of nitrogen functional groups attached to an aromatic ring is 1. The lowest BCUT2D eigenvalue weighted by Crippen LogP contribution is -2.46. The zero-order valence-corrected chi connectivity index (χ0v) is 23.2. The van der Waals surface area contributed by atoms with E-state index < -0.39 is 11.5 Å². The minimum atomic E-state index is -0.921. The number of benzene rings is 1. The molecule has 2 amide bonds. The van der Waals surface area contributed by atoms with Crippen LogP contribution in [0.3, 0.4) is 0 Å². The normalized spacial score (nSPS) is 24.1. The maximum absolute atomic E-state index is 12.3. The molecule has 2 aliphatic heterocycles. The predicted octanol–water partition coefficient (Wildman–Crippen LogP) is 2.71. The Bertz CT molecular complexity index is 1320. The van der Waals surface area contributed by atoms with Gasteiger partial charge in [0.1, 0.15) is 24.1 Å². The minimum Gasteiger partial charge on any atom is -0.382 e. The number of anilines is 2. The first-order chi connectivity index (χ1) is 18.5. The highest BCUT2D eigenvalue weighted by Gasteiger charge is 2.62. The standard InChI is InChI=1S/C27H38N8O4/c1-25(2,3)17-7-9-18(10-8-17)34-24(36)30-12-6-11-29-13-19-21-27(14-37-19,39-26(4,5)38-21)35-16-33-20-22(28)31-15-32-23(20)35/h7-10,15-16,19,21,29H,6,11-14H2,1-5H3,(H2,28,31,32)(H2,30,34,36). The van der Waals surface area contributed by atoms with Gasteiger partial charge in [-0.05, 0) is 49.9 Å². The Morgan fingerprint density at radius 2 is 1.92 bits per heavy atom. The van der Waals surface area contributed by atoms with Gasteiger partial charge in [0.05, 0.1) is 12.9 Å². The molecule has 0 radical (unpaired) electrons. The maximum Gasteiger partial charge on any atom is 0.319 e. The SMILES string of the molecule is CC1(C)OC2C(CNCCCNC(=O)Nc3ccc(C(C)(C)C)cc3)OCC2(n2cnc3c(N)ncnc32)O1. The summed E-state index contributed by atoms with van der Waals surface area (Å²) in [6.07, 6.45) is 3.18. The van der Waals surface area contributed by atoms with E-state index in [0.29, 0.717) is 36.6 Å². The fourth-order valence-corrected chi connectivity index (χ4v) is 5.14. The van der Waals surface area contributed by atoms with E-state index in [1.807, 2.05) is 42.7 Å². The van der Waals surface area contributed by atoms with Crippen LogP contribution < -0.4 is 21.7 Å². The molecule has 12 nitrogen and oxygen atoms in total. The number of hydrogen-bond donors (Lipinski definition) is 4. The Hall–Kier alpha value is -3.32. The number of nitrogens with one attached hydrogen (secondary N) is 3. The Morgan fingerprint density at radius 3 is 2.67 bits per heavy atom. The van der Waals surface area contributed by atoms with Gasteiger partial charge in [-0.25, -0.2) is 19.7 Å². The van der Waals surface area contributed by atoms with Crippen molar-refractivity contribution in [3.8, 4) is 0 Å². The number of imidazole rings is 1. The number of fused-ring (bicyclic) bond motifs is 2. The molecule has 0 aliphatic carbocycles. The average molecular weight is 539 g/mol. The number of nitrogens with zero attached hydrogens (tertiary/aromatic N) is 4. The molecule has 39 heavy (non-hydrogen) atoms. The Labute approximate surface area is 228 Å². The monoisotopic (exact) mass is 538 g/mol. The summed E-state index contributed by atoms with van der Waals surface area (Å²) in [5.41, 5.74) is 8.22. The van der Waals surface area contributed by atoms with Crippen LogP contribution in [0.25, 0.3) is 11.2 Å². The van der Waals surface area contributed by atoms with Crippen molar-refractivity contribution in [1.29, 1.82) is 0 Å². The lowest BCUT2D eigenvalue weighted by atomic mass is 9.87. The van der Waals surface area contributed by atoms with Crippen LogP contribution in [-0.4, -0.2) is 69.8 Å². The summed E-state index contributed by atoms with van der Waals surface area (Å²) in [5, 5.41) is 9.19. The molecular weight excluding hydrogens is 500 g/mol. The second kappa shape index (κ2) is 10.3. The van der Waals surface area contributed by atoms with E-state index in [-0.39, 0.29) is 30.3 Å². The minimum absolute atomic E-state index is 0.0727. The summed E-state index contributed by atoms with van der Waals surface area (Å²) >= 11 is 0. The van der Waals surface area contributed by atoms with Crippen LogP contribution in [0, 0.1) is 0 Å². The first kappa shape index (κ1) is 27.3. The van der Waals surface area contributed by atoms with Gasteiger partial charge in [0.2, 0.25) is 5.72 Å². The first-order valence-corrected chi connectivity index (χ1v) is 13.3. The molecule has 5 N–H and O–H groups in total. The number of amides is 2. The van der Waals surface area contributed by atoms with Crippen molar-refractivity contribution in [2.24, 2.45) is 0 Å². The summed E-state index contributed by atoms with van der Waals surface area (Å²) in [6, 6.07) is 7.70. The molecule has 3 aromatic rings. The van der Waals surface area contributed by atoms with E-state index in [4.69, 9.17) is 19.9 Å². The van der Waals surface area contributed by atoms with Crippen molar-refractivity contribution in [3.05, 3.63) is 42.5 Å². The van der Waals surface area contributed by atoms with Crippen LogP contribution in [0.15, 0.2) is 36.9 Å². The Balaban J connectivity index is 1.10. The largest absolute Gasteiger partial charge is 0.382 e. The van der Waals surface area contributed by atoms with Crippen LogP contribution in [0.4, 0.5) is 16.3 Å². The molecule has 12 heteroatoms. The van der Waals surface area contributed by atoms with Crippen LogP contribution in [0.5, 0.6) is 0 Å². The van der Waals surface area contributed by atoms with Crippen molar-refractivity contribution in [2.75, 3.05) is 37.3 Å². The van der Waals surface area contributed by atoms with Crippen molar-refractivity contribution in [1.82, 2.24) is 30.2 Å². The van der Waals surface area contributed by atoms with Crippen molar-refractivity contribution in [3.63, 3.8) is 0 Å². The first-order valence-electron chi connectivity index (χ1n) is 13.3. The second-order valence-electron chi connectivity index (χ2n) is 11.5. The van der Waals surface area contributed by atoms with Gasteiger partial charge in [-0.15, -0.1) is 0 Å². The van der Waals surface area contributed by atoms with Crippen LogP contribution in [0.2, 0.25) is 0 Å². The van der Waals surface area contributed by atoms with Gasteiger partial charge < -0.3 is 35.9 Å². The van der Waals surface area contributed by atoms with E-state index in [1.54, 1.807) is 6.33 Å². The third-order valence-electron chi connectivity index (χ3n) is 7.06. The average Bonchev–Trinajstić information content (AvgIpc) is 3.52. The fraction of sp³-hybridized carbons (Fsp3) is 0.556. The summed E-state index contributed by atoms with van der Waals surface area (Å²) in [4.78, 5) is 25.1. The molecule has 0 bridgehead atoms. The zero-order chi connectivity index (χ0) is 27.8. The Morgan fingerprint density at radius 1 is 1.15 bits per heavy atom. The Kier molecular flexibility index (Phi) is 7.23. The van der Waals surface area contributed by atoms with Gasteiger partial charge >= 0.3 is 6.03 Å². The molecule has 2 saturated heterocycles. The number of hydrogen-bond acceptors (Lipinski definition) is 9. The van der Waals surface area contributed by atoms with E-state index in [2.05, 4.69) is 51.7 Å². The zero-order valence-electron chi connectivity index (χ0n) is 23.2. The maximum atomic E-state index is 12.3. The lowest BCUT2D eigenvalue weighted by Gasteiger charge is -2.28. The van der Waals surface area contributed by atoms with Crippen LogP contribution in [-0.2, 0) is 25.4 Å². The predicted molar refractivity (Wildman–Crippen MR) is 147 cm³/mol. The van der Waals surface area contributed by atoms with E-state index >= 15 is 0 Å². The van der Waals surface area contributed by atoms with Gasteiger partial charge in [0.25, 0.3) is 0 Å². The highest BCUT2D eigenvalue weighted by atomic mass is 16.8. The van der Waals surface area contributed by atoms with Gasteiger partial charge in [-0.1, -0.05) is 32.9 Å². The van der Waals surface area contributed by atoms with Gasteiger partial charge in [0, 0.05) is 18.8 Å². The second-order valence-corrected chi connectivity index (χ2v) is 11.5. The molecule has 4 heterocycles. The van der Waals surface area contributed by atoms with Crippen molar-refractivity contribution in [2.45, 2.75) is 70.2 Å². The number of nitrogens with two attached hydrogens (primary N) is 1. The summed E-state index contributed by atoms with van der Waals surface area (Å²) in [5.74, 6) is -0.505. The molecule has 210 valence electrons.